The second-order valence-corrected chi connectivity index (χ2v) is 9.64. The lowest BCUT2D eigenvalue weighted by Gasteiger charge is -2.33. The van der Waals surface area contributed by atoms with Crippen LogP contribution in [0.2, 0.25) is 5.02 Å². The van der Waals surface area contributed by atoms with Crippen molar-refractivity contribution in [1.82, 2.24) is 14.5 Å². The van der Waals surface area contributed by atoms with Gasteiger partial charge in [0.1, 0.15) is 5.54 Å². The molecule has 28 heavy (non-hydrogen) atoms. The third-order valence-electron chi connectivity index (χ3n) is 4.07. The Morgan fingerprint density at radius 3 is 2.82 bits per heavy atom. The SMILES string of the molecule is CN=CC(=CN)c1nnc(-c2cc(Cl)c([C@]3(C)CS(=O)(=O)N(C)C(N)=N3)s2)o1. The Morgan fingerprint density at radius 1 is 1.50 bits per heavy atom. The summed E-state index contributed by atoms with van der Waals surface area (Å²) in [5, 5.41) is 8.30. The van der Waals surface area contributed by atoms with E-state index in [9.17, 15) is 8.42 Å². The van der Waals surface area contributed by atoms with Crippen molar-refractivity contribution in [2.75, 3.05) is 19.8 Å². The van der Waals surface area contributed by atoms with Crippen molar-refractivity contribution in [3.63, 3.8) is 0 Å². The van der Waals surface area contributed by atoms with Gasteiger partial charge in [-0.1, -0.05) is 11.6 Å². The van der Waals surface area contributed by atoms with E-state index in [-0.39, 0.29) is 23.5 Å². The van der Waals surface area contributed by atoms with Crippen LogP contribution >= 0.6 is 22.9 Å². The number of hydrogen-bond acceptors (Lipinski definition) is 10. The Labute approximate surface area is 170 Å². The molecule has 0 radical (unpaired) electrons. The first-order valence-electron chi connectivity index (χ1n) is 7.91. The Morgan fingerprint density at radius 2 is 2.21 bits per heavy atom. The maximum atomic E-state index is 12.4. The van der Waals surface area contributed by atoms with E-state index in [1.54, 1.807) is 20.0 Å². The van der Waals surface area contributed by atoms with Gasteiger partial charge in [0.2, 0.25) is 16.0 Å². The maximum absolute atomic E-state index is 12.4. The van der Waals surface area contributed by atoms with Gasteiger partial charge in [0, 0.05) is 26.5 Å². The van der Waals surface area contributed by atoms with Gasteiger partial charge in [0.05, 0.1) is 26.1 Å². The van der Waals surface area contributed by atoms with Crippen LogP contribution in [-0.4, -0.2) is 54.9 Å². The van der Waals surface area contributed by atoms with E-state index in [0.29, 0.717) is 20.4 Å². The van der Waals surface area contributed by atoms with Gasteiger partial charge in [0.15, 0.2) is 0 Å². The largest absolute Gasteiger partial charge is 0.415 e. The highest BCUT2D eigenvalue weighted by atomic mass is 35.5. The Balaban J connectivity index is 2.02. The Bertz CT molecular complexity index is 1100. The smallest absolute Gasteiger partial charge is 0.258 e. The summed E-state index contributed by atoms with van der Waals surface area (Å²) >= 11 is 7.60. The highest BCUT2D eigenvalue weighted by molar-refractivity contribution is 7.89. The predicted octanol–water partition coefficient (Wildman–Crippen LogP) is 1.26. The number of sulfonamides is 1. The zero-order chi connectivity index (χ0) is 20.7. The second-order valence-electron chi connectivity index (χ2n) is 6.18. The summed E-state index contributed by atoms with van der Waals surface area (Å²) < 4.78 is 31.4. The lowest BCUT2D eigenvalue weighted by molar-refractivity contribution is 0.482. The van der Waals surface area contributed by atoms with Crippen molar-refractivity contribution in [1.29, 1.82) is 0 Å². The van der Waals surface area contributed by atoms with Crippen LogP contribution in [0.5, 0.6) is 0 Å². The summed E-state index contributed by atoms with van der Waals surface area (Å²) in [6.45, 7) is 1.66. The van der Waals surface area contributed by atoms with Crippen molar-refractivity contribution in [3.8, 4) is 10.8 Å². The van der Waals surface area contributed by atoms with Gasteiger partial charge in [-0.3, -0.25) is 4.99 Å². The maximum Gasteiger partial charge on any atom is 0.258 e. The van der Waals surface area contributed by atoms with E-state index in [2.05, 4.69) is 20.2 Å². The van der Waals surface area contributed by atoms with Crippen molar-refractivity contribution >= 4 is 50.7 Å². The third kappa shape index (κ3) is 3.50. The molecule has 0 amide bonds. The fourth-order valence-corrected chi connectivity index (χ4v) is 5.74. The number of nitrogens with two attached hydrogens (primary N) is 2. The summed E-state index contributed by atoms with van der Waals surface area (Å²) in [7, 11) is -0.667. The predicted molar refractivity (Wildman–Crippen MR) is 110 cm³/mol. The zero-order valence-electron chi connectivity index (χ0n) is 15.2. The molecule has 2 aromatic heterocycles. The summed E-state index contributed by atoms with van der Waals surface area (Å²) in [4.78, 5) is 9.33. The van der Waals surface area contributed by atoms with Gasteiger partial charge >= 0.3 is 0 Å². The number of aromatic nitrogens is 2. The molecule has 4 N–H and O–H groups in total. The molecule has 0 bridgehead atoms. The summed E-state index contributed by atoms with van der Waals surface area (Å²) in [5.41, 5.74) is 10.7. The molecule has 0 saturated heterocycles. The van der Waals surface area contributed by atoms with Crippen LogP contribution in [0.1, 0.15) is 17.7 Å². The number of allylic oxidation sites excluding steroid dienone is 1. The molecule has 0 spiro atoms. The first-order chi connectivity index (χ1) is 13.1. The molecule has 0 aromatic carbocycles. The third-order valence-corrected chi connectivity index (χ3v) is 7.81. The van der Waals surface area contributed by atoms with Crippen LogP contribution in [0.4, 0.5) is 0 Å². The number of guanidine groups is 1. The van der Waals surface area contributed by atoms with E-state index in [1.807, 2.05) is 0 Å². The second kappa shape index (κ2) is 7.18. The molecule has 1 aliphatic rings. The van der Waals surface area contributed by atoms with Crippen LogP contribution in [0.25, 0.3) is 16.3 Å². The molecule has 0 aliphatic carbocycles. The minimum absolute atomic E-state index is 0.101. The molecule has 0 unspecified atom stereocenters. The van der Waals surface area contributed by atoms with Crippen molar-refractivity contribution < 1.29 is 12.8 Å². The Hall–Kier alpha value is -2.44. The average Bonchev–Trinajstić information content (AvgIpc) is 3.24. The standard InChI is InChI=1S/C15H18ClN7O3S2/c1-15(7-28(24,25)23(3)14(18)20-15)11-9(16)4-10(27-11)13-22-21-12(26-13)8(5-17)6-19-2/h4-6H,7,17H2,1-3H3,(H2,18,20)/t15-/m0/s1. The Kier molecular flexibility index (Phi) is 5.21. The molecule has 150 valence electrons. The molecule has 1 atom stereocenters. The minimum Gasteiger partial charge on any atom is -0.415 e. The quantitative estimate of drug-likeness (QED) is 0.674. The van der Waals surface area contributed by atoms with E-state index < -0.39 is 15.6 Å². The molecule has 0 fully saturated rings. The van der Waals surface area contributed by atoms with Crippen LogP contribution in [0, 0.1) is 0 Å². The van der Waals surface area contributed by atoms with Crippen LogP contribution in [0.3, 0.4) is 0 Å². The molecule has 10 nitrogen and oxygen atoms in total. The van der Waals surface area contributed by atoms with Gasteiger partial charge in [-0.05, 0) is 13.0 Å². The van der Waals surface area contributed by atoms with E-state index >= 15 is 0 Å². The molecular formula is C15H18ClN7O3S2. The van der Waals surface area contributed by atoms with Crippen molar-refractivity contribution in [2.45, 2.75) is 12.5 Å². The van der Waals surface area contributed by atoms with E-state index in [4.69, 9.17) is 27.5 Å². The number of thiophene rings is 1. The summed E-state index contributed by atoms with van der Waals surface area (Å²) in [6.07, 6.45) is 2.80. The van der Waals surface area contributed by atoms with Gasteiger partial charge in [-0.25, -0.2) is 17.7 Å². The fourth-order valence-electron chi connectivity index (χ4n) is 2.66. The van der Waals surface area contributed by atoms with E-state index in [0.717, 1.165) is 4.31 Å². The number of hydrogen-bond donors (Lipinski definition) is 2. The molecule has 3 heterocycles. The minimum atomic E-state index is -3.62. The fraction of sp³-hybridized carbons (Fsp3) is 0.333. The zero-order valence-corrected chi connectivity index (χ0v) is 17.6. The number of nitrogens with zero attached hydrogens (tertiary/aromatic N) is 5. The molecule has 3 rings (SSSR count). The van der Waals surface area contributed by atoms with Gasteiger partial charge < -0.3 is 15.9 Å². The number of aliphatic imine (C=N–C) groups is 2. The van der Waals surface area contributed by atoms with Crippen LogP contribution in [-0.2, 0) is 15.6 Å². The normalized spacial score (nSPS) is 22.6. The lowest BCUT2D eigenvalue weighted by Crippen LogP contribution is -2.50. The molecule has 13 heteroatoms. The molecule has 0 saturated carbocycles. The first-order valence-corrected chi connectivity index (χ1v) is 10.7. The first kappa shape index (κ1) is 20.3. The van der Waals surface area contributed by atoms with Crippen LogP contribution < -0.4 is 11.5 Å². The summed E-state index contributed by atoms with van der Waals surface area (Å²) in [5.74, 6) is 0.0492. The molecule has 1 aliphatic heterocycles. The highest BCUT2D eigenvalue weighted by Gasteiger charge is 2.42. The molecule has 2 aromatic rings. The number of halogens is 1. The van der Waals surface area contributed by atoms with E-state index in [1.165, 1.54) is 30.8 Å². The molecular weight excluding hydrogens is 426 g/mol. The van der Waals surface area contributed by atoms with Gasteiger partial charge in [0.25, 0.3) is 11.8 Å². The van der Waals surface area contributed by atoms with Gasteiger partial charge in [-0.15, -0.1) is 21.5 Å². The van der Waals surface area contributed by atoms with Gasteiger partial charge in [-0.2, -0.15) is 0 Å². The van der Waals surface area contributed by atoms with Crippen molar-refractivity contribution in [3.05, 3.63) is 28.1 Å². The number of rotatable bonds is 4. The monoisotopic (exact) mass is 443 g/mol. The van der Waals surface area contributed by atoms with Crippen LogP contribution in [0.15, 0.2) is 26.7 Å². The highest BCUT2D eigenvalue weighted by Crippen LogP contribution is 2.43. The average molecular weight is 444 g/mol. The topological polar surface area (TPSA) is 153 Å². The lowest BCUT2D eigenvalue weighted by atomic mass is 10.0. The summed E-state index contributed by atoms with van der Waals surface area (Å²) in [6, 6.07) is 1.63. The van der Waals surface area contributed by atoms with Crippen molar-refractivity contribution in [2.24, 2.45) is 21.5 Å².